The molecule has 1 fully saturated rings. The molecule has 1 aliphatic rings. The Hall–Kier alpha value is -2.26. The van der Waals surface area contributed by atoms with Gasteiger partial charge in [-0.1, -0.05) is 41.9 Å². The lowest BCUT2D eigenvalue weighted by Crippen LogP contribution is -2.28. The quantitative estimate of drug-likeness (QED) is 0.624. The zero-order valence-corrected chi connectivity index (χ0v) is 17.7. The monoisotopic (exact) mass is 447 g/mol. The molecule has 2 heterocycles. The van der Waals surface area contributed by atoms with Crippen molar-refractivity contribution in [1.82, 2.24) is 9.29 Å². The highest BCUT2D eigenvalue weighted by Gasteiger charge is 2.29. The summed E-state index contributed by atoms with van der Waals surface area (Å²) in [6.07, 6.45) is 1.65. The lowest BCUT2D eigenvalue weighted by atomic mass is 10.2. The van der Waals surface area contributed by atoms with E-state index in [2.05, 4.69) is 10.3 Å². The molecule has 0 radical (unpaired) electrons. The number of hydrogen-bond donors (Lipinski definition) is 1. The van der Waals surface area contributed by atoms with Gasteiger partial charge in [-0.15, -0.1) is 11.3 Å². The number of hydrogen-bond acceptors (Lipinski definition) is 5. The Kier molecular flexibility index (Phi) is 5.69. The molecular weight excluding hydrogens is 430 g/mol. The van der Waals surface area contributed by atoms with Crippen molar-refractivity contribution in [2.24, 2.45) is 0 Å². The molecule has 2 aromatic carbocycles. The molecule has 0 saturated carbocycles. The van der Waals surface area contributed by atoms with Crippen molar-refractivity contribution in [2.45, 2.75) is 17.7 Å². The number of rotatable bonds is 5. The van der Waals surface area contributed by atoms with Crippen LogP contribution in [0, 0.1) is 0 Å². The maximum absolute atomic E-state index is 12.8. The van der Waals surface area contributed by atoms with E-state index in [1.54, 1.807) is 0 Å². The minimum absolute atomic E-state index is 0.0437. The number of carbonyl (C=O) groups excluding carboxylic acids is 1. The van der Waals surface area contributed by atoms with Gasteiger partial charge in [0.1, 0.15) is 4.90 Å². The van der Waals surface area contributed by atoms with Crippen molar-refractivity contribution in [3.8, 4) is 11.3 Å². The summed E-state index contributed by atoms with van der Waals surface area (Å²) in [4.78, 5) is 17.1. The molecule has 4 rings (SSSR count). The first-order chi connectivity index (χ1) is 13.9. The molecule has 1 N–H and O–H groups in total. The van der Waals surface area contributed by atoms with Gasteiger partial charge in [0.15, 0.2) is 5.13 Å². The van der Waals surface area contributed by atoms with E-state index in [0.717, 1.165) is 24.1 Å². The summed E-state index contributed by atoms with van der Waals surface area (Å²) in [6, 6.07) is 13.9. The molecule has 1 saturated heterocycles. The van der Waals surface area contributed by atoms with Gasteiger partial charge >= 0.3 is 0 Å². The highest BCUT2D eigenvalue weighted by atomic mass is 35.5. The van der Waals surface area contributed by atoms with E-state index >= 15 is 0 Å². The lowest BCUT2D eigenvalue weighted by molar-refractivity contribution is 0.102. The maximum atomic E-state index is 12.8. The number of amides is 1. The van der Waals surface area contributed by atoms with Gasteiger partial charge < -0.3 is 0 Å². The fourth-order valence-electron chi connectivity index (χ4n) is 3.15. The van der Waals surface area contributed by atoms with Crippen molar-refractivity contribution >= 4 is 44.0 Å². The van der Waals surface area contributed by atoms with Crippen molar-refractivity contribution in [1.29, 1.82) is 0 Å². The Morgan fingerprint density at radius 2 is 1.83 bits per heavy atom. The summed E-state index contributed by atoms with van der Waals surface area (Å²) in [5, 5.41) is 5.13. The Morgan fingerprint density at radius 3 is 2.55 bits per heavy atom. The predicted octanol–water partition coefficient (Wildman–Crippen LogP) is 4.50. The minimum atomic E-state index is -3.72. The average Bonchev–Trinajstić information content (AvgIpc) is 3.41. The molecule has 0 aliphatic carbocycles. The summed E-state index contributed by atoms with van der Waals surface area (Å²) in [6.45, 7) is 0.937. The summed E-state index contributed by atoms with van der Waals surface area (Å²) in [5.74, 6) is -0.437. The largest absolute Gasteiger partial charge is 0.298 e. The van der Waals surface area contributed by atoms with E-state index in [0.29, 0.717) is 18.2 Å². The van der Waals surface area contributed by atoms with E-state index < -0.39 is 15.9 Å². The summed E-state index contributed by atoms with van der Waals surface area (Å²) in [5.41, 5.74) is 1.93. The molecule has 150 valence electrons. The molecule has 0 atom stereocenters. The molecule has 0 spiro atoms. The number of nitrogens with one attached hydrogen (secondary N) is 1. The number of benzene rings is 2. The van der Waals surface area contributed by atoms with E-state index in [1.165, 1.54) is 33.8 Å². The van der Waals surface area contributed by atoms with Crippen LogP contribution in [0.15, 0.2) is 58.8 Å². The molecule has 1 aliphatic heterocycles. The summed E-state index contributed by atoms with van der Waals surface area (Å²) >= 11 is 7.45. The van der Waals surface area contributed by atoms with Crippen LogP contribution >= 0.6 is 22.9 Å². The Bertz CT molecular complexity index is 1140. The number of sulfonamides is 1. The van der Waals surface area contributed by atoms with Crippen LogP contribution in [-0.2, 0) is 10.0 Å². The molecule has 6 nitrogen and oxygen atoms in total. The van der Waals surface area contributed by atoms with Gasteiger partial charge in [0.05, 0.1) is 10.7 Å². The van der Waals surface area contributed by atoms with Crippen molar-refractivity contribution in [3.05, 3.63) is 64.5 Å². The highest BCUT2D eigenvalue weighted by molar-refractivity contribution is 7.89. The SMILES string of the molecule is O=C(Nc1nc(-c2ccccc2)cs1)c1ccc(Cl)c(S(=O)(=O)N2CCCC2)c1. The van der Waals surface area contributed by atoms with Crippen LogP contribution < -0.4 is 5.32 Å². The molecular formula is C20H18ClN3O3S2. The third-order valence-electron chi connectivity index (χ3n) is 4.67. The zero-order valence-electron chi connectivity index (χ0n) is 15.3. The minimum Gasteiger partial charge on any atom is -0.298 e. The Balaban J connectivity index is 1.56. The smallest absolute Gasteiger partial charge is 0.257 e. The number of nitrogens with zero attached hydrogens (tertiary/aromatic N) is 2. The lowest BCUT2D eigenvalue weighted by Gasteiger charge is -2.17. The summed E-state index contributed by atoms with van der Waals surface area (Å²) in [7, 11) is -3.72. The third kappa shape index (κ3) is 4.20. The third-order valence-corrected chi connectivity index (χ3v) is 7.81. The molecule has 0 unspecified atom stereocenters. The van der Waals surface area contributed by atoms with Gasteiger partial charge in [0.2, 0.25) is 10.0 Å². The van der Waals surface area contributed by atoms with Crippen LogP contribution in [-0.4, -0.2) is 36.7 Å². The van der Waals surface area contributed by atoms with E-state index in [9.17, 15) is 13.2 Å². The number of thiazole rings is 1. The second-order valence-electron chi connectivity index (χ2n) is 6.61. The molecule has 1 aromatic heterocycles. The molecule has 1 amide bonds. The zero-order chi connectivity index (χ0) is 20.4. The first kappa shape index (κ1) is 20.0. The van der Waals surface area contributed by atoms with Gasteiger partial charge in [-0.25, -0.2) is 13.4 Å². The average molecular weight is 448 g/mol. The first-order valence-electron chi connectivity index (χ1n) is 9.07. The Morgan fingerprint density at radius 1 is 1.10 bits per heavy atom. The van der Waals surface area contributed by atoms with Crippen LogP contribution in [0.2, 0.25) is 5.02 Å². The standard InChI is InChI=1S/C20H18ClN3O3S2/c21-16-9-8-15(12-18(16)29(26,27)24-10-4-5-11-24)19(25)23-20-22-17(13-28-20)14-6-2-1-3-7-14/h1-3,6-9,12-13H,4-5,10-11H2,(H,22,23,25). The van der Waals surface area contributed by atoms with Crippen LogP contribution in [0.5, 0.6) is 0 Å². The van der Waals surface area contributed by atoms with Crippen LogP contribution in [0.3, 0.4) is 0 Å². The topological polar surface area (TPSA) is 79.4 Å². The normalized spacial score (nSPS) is 14.8. The second kappa shape index (κ2) is 8.23. The van der Waals surface area contributed by atoms with Crippen LogP contribution in [0.4, 0.5) is 5.13 Å². The number of aromatic nitrogens is 1. The van der Waals surface area contributed by atoms with Gasteiger partial charge in [0, 0.05) is 29.6 Å². The van der Waals surface area contributed by atoms with E-state index in [4.69, 9.17) is 11.6 Å². The van der Waals surface area contributed by atoms with Crippen LogP contribution in [0.1, 0.15) is 23.2 Å². The second-order valence-corrected chi connectivity index (χ2v) is 9.79. The highest BCUT2D eigenvalue weighted by Crippen LogP contribution is 2.29. The maximum Gasteiger partial charge on any atom is 0.257 e. The molecule has 29 heavy (non-hydrogen) atoms. The first-order valence-corrected chi connectivity index (χ1v) is 11.8. The molecule has 0 bridgehead atoms. The van der Waals surface area contributed by atoms with E-state index in [1.807, 2.05) is 35.7 Å². The van der Waals surface area contributed by atoms with Crippen molar-refractivity contribution in [2.75, 3.05) is 18.4 Å². The fraction of sp³-hybridized carbons (Fsp3) is 0.200. The fourth-order valence-corrected chi connectivity index (χ4v) is 5.88. The Labute approximate surface area is 178 Å². The number of carbonyl (C=O) groups is 1. The van der Waals surface area contributed by atoms with Crippen molar-refractivity contribution < 1.29 is 13.2 Å². The van der Waals surface area contributed by atoms with Gasteiger partial charge in [-0.2, -0.15) is 4.31 Å². The number of halogens is 1. The van der Waals surface area contributed by atoms with Crippen LogP contribution in [0.25, 0.3) is 11.3 Å². The van der Waals surface area contributed by atoms with Gasteiger partial charge in [0.25, 0.3) is 5.91 Å². The number of anilines is 1. The van der Waals surface area contributed by atoms with Crippen molar-refractivity contribution in [3.63, 3.8) is 0 Å². The summed E-state index contributed by atoms with van der Waals surface area (Å²) < 4.78 is 27.1. The predicted molar refractivity (Wildman–Crippen MR) is 115 cm³/mol. The van der Waals surface area contributed by atoms with E-state index in [-0.39, 0.29) is 15.5 Å². The molecule has 9 heteroatoms. The molecule has 3 aromatic rings. The van der Waals surface area contributed by atoms with Gasteiger partial charge in [-0.05, 0) is 31.0 Å². The van der Waals surface area contributed by atoms with Gasteiger partial charge in [-0.3, -0.25) is 10.1 Å².